The van der Waals surface area contributed by atoms with Crippen molar-refractivity contribution >= 4 is 53.1 Å². The zero-order chi connectivity index (χ0) is 40.2. The predicted octanol–water partition coefficient (Wildman–Crippen LogP) is 9.45. The molecule has 0 unspecified atom stereocenters. The number of carbonyl (C=O) groups is 1. The SMILES string of the molecule is C[Si](C)(C)CCOCN1C(=O)CN(c2ccc(-n3cc(-c4ccc(Cl)cc4Cl)nc3Cc3ccc(-c4ccc(OCCC5CCCCC5)nn4)cc3)cc2)S1(=O)=O. The molecule has 0 radical (unpaired) electrons. The molecule has 3 heterocycles. The first kappa shape index (κ1) is 40.9. The molecule has 3 aromatic carbocycles. The van der Waals surface area contributed by atoms with Gasteiger partial charge in [0.2, 0.25) is 5.88 Å². The fourth-order valence-electron chi connectivity index (χ4n) is 7.13. The smallest absolute Gasteiger partial charge is 0.331 e. The van der Waals surface area contributed by atoms with E-state index in [9.17, 15) is 13.2 Å². The molecular formula is C42H48Cl2N6O5SSi. The van der Waals surface area contributed by atoms with Crippen molar-refractivity contribution < 1.29 is 22.7 Å². The van der Waals surface area contributed by atoms with Crippen LogP contribution in [0, 0.1) is 5.92 Å². The number of rotatable bonds is 15. The number of anilines is 1. The Balaban J connectivity index is 1.07. The van der Waals surface area contributed by atoms with Crippen LogP contribution in [0.1, 0.15) is 49.9 Å². The van der Waals surface area contributed by atoms with Gasteiger partial charge in [-0.05, 0) is 72.5 Å². The van der Waals surface area contributed by atoms with Crippen LogP contribution in [0.4, 0.5) is 5.69 Å². The molecule has 1 aliphatic heterocycles. The van der Waals surface area contributed by atoms with Crippen LogP contribution >= 0.6 is 23.2 Å². The lowest BCUT2D eigenvalue weighted by molar-refractivity contribution is -0.127. The van der Waals surface area contributed by atoms with Gasteiger partial charge in [-0.1, -0.05) is 99.2 Å². The van der Waals surface area contributed by atoms with Crippen molar-refractivity contribution in [2.24, 2.45) is 5.92 Å². The number of carbonyl (C=O) groups excluding carboxylic acids is 1. The normalized spacial score (nSPS) is 16.1. The van der Waals surface area contributed by atoms with Crippen LogP contribution in [-0.4, -0.2) is 72.9 Å². The first-order valence-electron chi connectivity index (χ1n) is 19.4. The Kier molecular flexibility index (Phi) is 12.7. The monoisotopic (exact) mass is 846 g/mol. The second-order valence-electron chi connectivity index (χ2n) is 15.9. The van der Waals surface area contributed by atoms with Crippen LogP contribution in [0.25, 0.3) is 28.2 Å². The maximum atomic E-state index is 13.5. The fourth-order valence-corrected chi connectivity index (χ4v) is 9.81. The molecule has 2 aliphatic rings. The van der Waals surface area contributed by atoms with E-state index in [4.69, 9.17) is 37.7 Å². The minimum Gasteiger partial charge on any atom is -0.477 e. The summed E-state index contributed by atoms with van der Waals surface area (Å²) in [5.41, 5.74) is 5.20. The molecule has 5 aromatic rings. The highest BCUT2D eigenvalue weighted by atomic mass is 35.5. The molecule has 1 saturated heterocycles. The number of imidazole rings is 1. The Hall–Kier alpha value is -4.27. The Morgan fingerprint density at radius 2 is 1.58 bits per heavy atom. The summed E-state index contributed by atoms with van der Waals surface area (Å²) in [4.78, 5) is 17.9. The van der Waals surface area contributed by atoms with E-state index in [-0.39, 0.29) is 13.3 Å². The van der Waals surface area contributed by atoms with Crippen LogP contribution in [-0.2, 0) is 26.2 Å². The largest absolute Gasteiger partial charge is 0.477 e. The molecule has 57 heavy (non-hydrogen) atoms. The van der Waals surface area contributed by atoms with Crippen LogP contribution in [0.5, 0.6) is 5.88 Å². The Labute approximate surface area is 346 Å². The molecule has 0 bridgehead atoms. The van der Waals surface area contributed by atoms with Crippen molar-refractivity contribution in [1.82, 2.24) is 24.1 Å². The number of nitrogens with zero attached hydrogens (tertiary/aromatic N) is 6. The molecule has 0 spiro atoms. The summed E-state index contributed by atoms with van der Waals surface area (Å²) >= 11 is 12.8. The number of amides is 1. The van der Waals surface area contributed by atoms with Crippen LogP contribution in [0.15, 0.2) is 85.1 Å². The standard InChI is InChI=1S/C42H48Cl2N6O5SSi/c1-57(2,3)24-23-54-29-50-42(51)28-49(56(50,52)53)35-16-14-34(15-17-35)48-27-39(36-18-13-33(43)26-37(36)44)45-40(48)25-31-9-11-32(12-10-31)38-19-20-41(47-46-38)55-22-21-30-7-5-4-6-8-30/h9-20,26-27,30H,4-8,21-25,28-29H2,1-3H3. The molecule has 1 aliphatic carbocycles. The number of hydrogen-bond donors (Lipinski definition) is 0. The van der Waals surface area contributed by atoms with Crippen molar-refractivity contribution in [1.29, 1.82) is 0 Å². The maximum Gasteiger partial charge on any atom is 0.331 e. The molecule has 2 aromatic heterocycles. The molecule has 1 amide bonds. The van der Waals surface area contributed by atoms with Gasteiger partial charge in [0.05, 0.1) is 28.7 Å². The van der Waals surface area contributed by atoms with Crippen molar-refractivity contribution in [3.63, 3.8) is 0 Å². The van der Waals surface area contributed by atoms with E-state index in [1.54, 1.807) is 24.3 Å². The van der Waals surface area contributed by atoms with Crippen LogP contribution < -0.4 is 9.04 Å². The maximum absolute atomic E-state index is 13.5. The number of ether oxygens (including phenoxy) is 2. The quantitative estimate of drug-likeness (QED) is 0.0756. The minimum absolute atomic E-state index is 0.297. The Morgan fingerprint density at radius 1 is 0.842 bits per heavy atom. The molecular weight excluding hydrogens is 800 g/mol. The van der Waals surface area contributed by atoms with Crippen molar-refractivity contribution in [2.45, 2.75) is 70.6 Å². The van der Waals surface area contributed by atoms with Gasteiger partial charge in [0.1, 0.15) is 19.1 Å². The molecule has 300 valence electrons. The number of hydrogen-bond acceptors (Lipinski definition) is 8. The lowest BCUT2D eigenvalue weighted by atomic mass is 9.87. The summed E-state index contributed by atoms with van der Waals surface area (Å²) in [5.74, 6) is 1.49. The molecule has 11 nitrogen and oxygen atoms in total. The average Bonchev–Trinajstić information content (AvgIpc) is 3.70. The first-order valence-corrected chi connectivity index (χ1v) is 25.3. The van der Waals surface area contributed by atoms with Gasteiger partial charge >= 0.3 is 10.2 Å². The van der Waals surface area contributed by atoms with Gasteiger partial charge in [-0.2, -0.15) is 12.7 Å². The van der Waals surface area contributed by atoms with E-state index >= 15 is 0 Å². The molecule has 0 atom stereocenters. The Bertz CT molecular complexity index is 2280. The molecule has 0 N–H and O–H groups in total. The fraction of sp³-hybridized carbons (Fsp3) is 0.381. The summed E-state index contributed by atoms with van der Waals surface area (Å²) in [6.45, 7) is 7.10. The zero-order valence-electron chi connectivity index (χ0n) is 32.5. The molecule has 7 rings (SSSR count). The highest BCUT2D eigenvalue weighted by Crippen LogP contribution is 2.33. The van der Waals surface area contributed by atoms with E-state index < -0.39 is 24.2 Å². The number of benzene rings is 3. The van der Waals surface area contributed by atoms with E-state index in [1.807, 2.05) is 65.4 Å². The highest BCUT2D eigenvalue weighted by Gasteiger charge is 2.42. The summed E-state index contributed by atoms with van der Waals surface area (Å²) in [6, 6.07) is 25.1. The van der Waals surface area contributed by atoms with Crippen LogP contribution in [0.3, 0.4) is 0 Å². The summed E-state index contributed by atoms with van der Waals surface area (Å²) in [5, 5.41) is 9.74. The predicted molar refractivity (Wildman–Crippen MR) is 228 cm³/mol. The third-order valence-electron chi connectivity index (χ3n) is 10.5. The first-order chi connectivity index (χ1) is 27.3. The lowest BCUT2D eigenvalue weighted by Crippen LogP contribution is -2.36. The van der Waals surface area contributed by atoms with E-state index in [2.05, 4.69) is 29.8 Å². The summed E-state index contributed by atoms with van der Waals surface area (Å²) in [6.07, 6.45) is 10.0. The third-order valence-corrected chi connectivity index (χ3v) is 14.5. The zero-order valence-corrected chi connectivity index (χ0v) is 35.9. The van der Waals surface area contributed by atoms with Gasteiger partial charge < -0.3 is 14.0 Å². The van der Waals surface area contributed by atoms with E-state index in [0.717, 1.165) is 60.9 Å². The van der Waals surface area contributed by atoms with Gasteiger partial charge in [-0.25, -0.2) is 9.29 Å². The minimum atomic E-state index is -4.10. The topological polar surface area (TPSA) is 120 Å². The van der Waals surface area contributed by atoms with Gasteiger partial charge in [0.15, 0.2) is 0 Å². The number of aromatic nitrogens is 4. The lowest BCUT2D eigenvalue weighted by Gasteiger charge is -2.21. The summed E-state index contributed by atoms with van der Waals surface area (Å²) < 4.78 is 42.3. The number of halogens is 2. The molecule has 15 heteroatoms. The average molecular weight is 848 g/mol. The second kappa shape index (κ2) is 17.7. The van der Waals surface area contributed by atoms with Gasteiger partial charge in [-0.15, -0.1) is 10.2 Å². The summed E-state index contributed by atoms with van der Waals surface area (Å²) in [7, 11) is -5.48. The van der Waals surface area contributed by atoms with Gasteiger partial charge in [0.25, 0.3) is 5.91 Å². The van der Waals surface area contributed by atoms with Gasteiger partial charge in [0, 0.05) is 55.2 Å². The van der Waals surface area contributed by atoms with Gasteiger partial charge in [-0.3, -0.25) is 4.79 Å². The van der Waals surface area contributed by atoms with E-state index in [0.29, 0.717) is 46.9 Å². The van der Waals surface area contributed by atoms with Crippen molar-refractivity contribution in [3.8, 4) is 34.1 Å². The van der Waals surface area contributed by atoms with Crippen molar-refractivity contribution in [2.75, 3.05) is 30.8 Å². The second-order valence-corrected chi connectivity index (χ2v) is 24.2. The van der Waals surface area contributed by atoms with Crippen molar-refractivity contribution in [3.05, 3.63) is 106 Å². The molecule has 2 fully saturated rings. The van der Waals surface area contributed by atoms with E-state index in [1.165, 1.54) is 32.1 Å². The molecule has 1 saturated carbocycles. The highest BCUT2D eigenvalue weighted by molar-refractivity contribution is 7.91. The van der Waals surface area contributed by atoms with Crippen LogP contribution in [0.2, 0.25) is 35.7 Å². The third kappa shape index (κ3) is 10.1. The Morgan fingerprint density at radius 3 is 2.26 bits per heavy atom.